The molecule has 116 valence electrons. The maximum absolute atomic E-state index is 12.2. The highest BCUT2D eigenvalue weighted by Gasteiger charge is 2.16. The van der Waals surface area contributed by atoms with Crippen LogP contribution in [0.15, 0.2) is 29.2 Å². The summed E-state index contributed by atoms with van der Waals surface area (Å²) >= 11 is 0. The van der Waals surface area contributed by atoms with E-state index in [-0.39, 0.29) is 17.5 Å². The van der Waals surface area contributed by atoms with E-state index < -0.39 is 10.0 Å². The summed E-state index contributed by atoms with van der Waals surface area (Å²) in [6, 6.07) is 6.47. The van der Waals surface area contributed by atoms with Crippen molar-refractivity contribution in [2.75, 3.05) is 6.54 Å². The van der Waals surface area contributed by atoms with Crippen molar-refractivity contribution in [2.45, 2.75) is 50.5 Å². The highest BCUT2D eigenvalue weighted by Crippen LogP contribution is 2.12. The second-order valence-corrected chi connectivity index (χ2v) is 6.76. The van der Waals surface area contributed by atoms with Gasteiger partial charge in [0.15, 0.2) is 0 Å². The zero-order chi connectivity index (χ0) is 15.7. The highest BCUT2D eigenvalue weighted by molar-refractivity contribution is 7.89. The predicted octanol–water partition coefficient (Wildman–Crippen LogP) is 2.24. The van der Waals surface area contributed by atoms with E-state index in [2.05, 4.69) is 23.5 Å². The van der Waals surface area contributed by atoms with E-state index in [4.69, 9.17) is 5.73 Å². The van der Waals surface area contributed by atoms with Crippen LogP contribution in [0.4, 0.5) is 0 Å². The average molecular weight is 308 g/mol. The second kappa shape index (κ2) is 8.83. The number of nitrogens with one attached hydrogen (secondary N) is 1. The Labute approximate surface area is 128 Å². The van der Waals surface area contributed by atoms with Gasteiger partial charge in [-0.2, -0.15) is 0 Å². The number of unbranched alkanes of at least 4 members (excludes halogenated alkanes) is 2. The molecule has 1 rings (SSSR count). The van der Waals surface area contributed by atoms with Gasteiger partial charge in [-0.15, -0.1) is 0 Å². The van der Waals surface area contributed by atoms with Gasteiger partial charge in [0, 0.05) is 11.6 Å². The van der Waals surface area contributed by atoms with E-state index in [1.165, 1.54) is 0 Å². The normalized spacial score (nSPS) is 12.5. The lowest BCUT2D eigenvalue weighted by molar-refractivity contribution is 0.527. The molecular formula is C16H24N2O2S. The maximum Gasteiger partial charge on any atom is 0.240 e. The van der Waals surface area contributed by atoms with Crippen molar-refractivity contribution in [2.24, 2.45) is 5.73 Å². The van der Waals surface area contributed by atoms with Crippen LogP contribution in [-0.2, 0) is 10.0 Å². The molecule has 0 saturated heterocycles. The SMILES string of the molecule is CCCCCC(C)NS(=O)(=O)c1ccc(C#CCN)cc1. The number of benzene rings is 1. The summed E-state index contributed by atoms with van der Waals surface area (Å²) in [5.41, 5.74) is 6.06. The summed E-state index contributed by atoms with van der Waals surface area (Å²) in [7, 11) is -3.46. The summed E-state index contributed by atoms with van der Waals surface area (Å²) < 4.78 is 27.2. The van der Waals surface area contributed by atoms with Crippen molar-refractivity contribution in [3.05, 3.63) is 29.8 Å². The lowest BCUT2D eigenvalue weighted by atomic mass is 10.1. The van der Waals surface area contributed by atoms with E-state index in [9.17, 15) is 8.42 Å². The summed E-state index contributed by atoms with van der Waals surface area (Å²) in [6.07, 6.45) is 4.15. The minimum absolute atomic E-state index is 0.0572. The van der Waals surface area contributed by atoms with E-state index in [1.807, 2.05) is 6.92 Å². The fourth-order valence-electron chi connectivity index (χ4n) is 1.96. The van der Waals surface area contributed by atoms with Crippen LogP contribution in [0.25, 0.3) is 0 Å². The first-order valence-corrected chi connectivity index (χ1v) is 8.79. The minimum atomic E-state index is -3.46. The van der Waals surface area contributed by atoms with E-state index in [0.717, 1.165) is 31.2 Å². The molecule has 1 aromatic carbocycles. The number of nitrogens with two attached hydrogens (primary N) is 1. The standard InChI is InChI=1S/C16H24N2O2S/c1-3-4-5-7-14(2)18-21(19,20)16-11-9-15(10-12-16)8-6-13-17/h9-12,14,18H,3-5,7,13,17H2,1-2H3. The van der Waals surface area contributed by atoms with Crippen LogP contribution in [0.3, 0.4) is 0 Å². The van der Waals surface area contributed by atoms with E-state index >= 15 is 0 Å². The minimum Gasteiger partial charge on any atom is -0.320 e. The van der Waals surface area contributed by atoms with Crippen molar-refractivity contribution in [3.63, 3.8) is 0 Å². The lowest BCUT2D eigenvalue weighted by Gasteiger charge is -2.14. The Balaban J connectivity index is 2.69. The number of sulfonamides is 1. The third-order valence-corrected chi connectivity index (χ3v) is 4.70. The van der Waals surface area contributed by atoms with Crippen molar-refractivity contribution in [3.8, 4) is 11.8 Å². The molecule has 21 heavy (non-hydrogen) atoms. The lowest BCUT2D eigenvalue weighted by Crippen LogP contribution is -2.32. The highest BCUT2D eigenvalue weighted by atomic mass is 32.2. The Bertz CT molecular complexity index is 583. The Morgan fingerprint density at radius 1 is 1.24 bits per heavy atom. The molecule has 0 aliphatic rings. The van der Waals surface area contributed by atoms with Crippen LogP contribution in [0.2, 0.25) is 0 Å². The largest absolute Gasteiger partial charge is 0.320 e. The fourth-order valence-corrected chi connectivity index (χ4v) is 3.24. The van der Waals surface area contributed by atoms with Gasteiger partial charge in [0.2, 0.25) is 10.0 Å². The first-order valence-electron chi connectivity index (χ1n) is 7.31. The molecule has 1 unspecified atom stereocenters. The van der Waals surface area contributed by atoms with Crippen LogP contribution in [-0.4, -0.2) is 21.0 Å². The fraction of sp³-hybridized carbons (Fsp3) is 0.500. The van der Waals surface area contributed by atoms with Gasteiger partial charge in [-0.3, -0.25) is 0 Å². The number of hydrogen-bond donors (Lipinski definition) is 2. The molecule has 0 aliphatic heterocycles. The van der Waals surface area contributed by atoms with Crippen LogP contribution in [0, 0.1) is 11.8 Å². The van der Waals surface area contributed by atoms with Crippen molar-refractivity contribution >= 4 is 10.0 Å². The number of hydrogen-bond acceptors (Lipinski definition) is 3. The molecule has 0 radical (unpaired) electrons. The Hall–Kier alpha value is -1.35. The van der Waals surface area contributed by atoms with Gasteiger partial charge < -0.3 is 5.73 Å². The Kier molecular flexibility index (Phi) is 7.44. The summed E-state index contributed by atoms with van der Waals surface area (Å²) in [5.74, 6) is 5.60. The van der Waals surface area contributed by atoms with E-state index in [1.54, 1.807) is 24.3 Å². The van der Waals surface area contributed by atoms with Crippen molar-refractivity contribution in [1.29, 1.82) is 0 Å². The molecule has 0 spiro atoms. The van der Waals surface area contributed by atoms with Gasteiger partial charge in [-0.25, -0.2) is 13.1 Å². The summed E-state index contributed by atoms with van der Waals surface area (Å²) in [5, 5.41) is 0. The van der Waals surface area contributed by atoms with Gasteiger partial charge >= 0.3 is 0 Å². The first-order chi connectivity index (χ1) is 9.99. The van der Waals surface area contributed by atoms with Crippen LogP contribution >= 0.6 is 0 Å². The first kappa shape index (κ1) is 17.7. The third-order valence-electron chi connectivity index (χ3n) is 3.10. The molecule has 1 aromatic rings. The van der Waals surface area contributed by atoms with Gasteiger partial charge in [0.1, 0.15) is 0 Å². The summed E-state index contributed by atoms with van der Waals surface area (Å²) in [4.78, 5) is 0.267. The molecule has 0 heterocycles. The Morgan fingerprint density at radius 2 is 1.90 bits per heavy atom. The predicted molar refractivity (Wildman–Crippen MR) is 86.3 cm³/mol. The molecular weight excluding hydrogens is 284 g/mol. The summed E-state index contributed by atoms with van der Waals surface area (Å²) in [6.45, 7) is 4.31. The molecule has 0 saturated carbocycles. The smallest absolute Gasteiger partial charge is 0.240 e. The maximum atomic E-state index is 12.2. The topological polar surface area (TPSA) is 72.2 Å². The third kappa shape index (κ3) is 6.30. The molecule has 4 nitrogen and oxygen atoms in total. The van der Waals surface area contributed by atoms with Crippen molar-refractivity contribution < 1.29 is 8.42 Å². The molecule has 3 N–H and O–H groups in total. The molecule has 1 atom stereocenters. The van der Waals surface area contributed by atoms with Crippen molar-refractivity contribution in [1.82, 2.24) is 4.72 Å². The van der Waals surface area contributed by atoms with Gasteiger partial charge in [0.05, 0.1) is 11.4 Å². The monoisotopic (exact) mass is 308 g/mol. The van der Waals surface area contributed by atoms with Gasteiger partial charge in [-0.05, 0) is 37.6 Å². The Morgan fingerprint density at radius 3 is 2.48 bits per heavy atom. The molecule has 0 aliphatic carbocycles. The molecule has 0 amide bonds. The van der Waals surface area contributed by atoms with Crippen LogP contribution < -0.4 is 10.5 Å². The molecule has 5 heteroatoms. The van der Waals surface area contributed by atoms with Gasteiger partial charge in [-0.1, -0.05) is 38.0 Å². The van der Waals surface area contributed by atoms with E-state index in [0.29, 0.717) is 0 Å². The number of rotatable bonds is 7. The molecule has 0 aromatic heterocycles. The van der Waals surface area contributed by atoms with Crippen LogP contribution in [0.1, 0.15) is 45.1 Å². The zero-order valence-corrected chi connectivity index (χ0v) is 13.5. The quantitative estimate of drug-likeness (QED) is 0.599. The van der Waals surface area contributed by atoms with Crippen LogP contribution in [0.5, 0.6) is 0 Å². The second-order valence-electron chi connectivity index (χ2n) is 5.05. The molecule has 0 bridgehead atoms. The zero-order valence-electron chi connectivity index (χ0n) is 12.7. The van der Waals surface area contributed by atoms with Gasteiger partial charge in [0.25, 0.3) is 0 Å². The molecule has 0 fully saturated rings. The average Bonchev–Trinajstić information content (AvgIpc) is 2.45.